The highest BCUT2D eigenvalue weighted by Gasteiger charge is 2.40. The average molecular weight is 333 g/mol. The number of para-hydroxylation sites is 3. The van der Waals surface area contributed by atoms with E-state index in [9.17, 15) is 9.11 Å². The van der Waals surface area contributed by atoms with Crippen LogP contribution in [0, 0.1) is 0 Å². The predicted octanol–water partition coefficient (Wildman–Crippen LogP) is 4.22. The lowest BCUT2D eigenvalue weighted by Gasteiger charge is -2.43. The van der Waals surface area contributed by atoms with E-state index in [0.29, 0.717) is 6.54 Å². The molecule has 0 aromatic heterocycles. The van der Waals surface area contributed by atoms with Gasteiger partial charge in [-0.15, -0.1) is 0 Å². The van der Waals surface area contributed by atoms with Crippen LogP contribution in [0.1, 0.15) is 12.8 Å². The summed E-state index contributed by atoms with van der Waals surface area (Å²) in [6.07, 6.45) is 1.89. The van der Waals surface area contributed by atoms with Crippen molar-refractivity contribution in [1.29, 1.82) is 0 Å². The third-order valence-electron chi connectivity index (χ3n) is 3.94. The van der Waals surface area contributed by atoms with Crippen molar-refractivity contribution in [3.8, 4) is 0 Å². The number of anilines is 3. The van der Waals surface area contributed by atoms with E-state index in [4.69, 9.17) is 0 Å². The van der Waals surface area contributed by atoms with Gasteiger partial charge in [-0.1, -0.05) is 30.3 Å². The van der Waals surface area contributed by atoms with E-state index in [1.807, 2.05) is 61.6 Å². The molecule has 23 heavy (non-hydrogen) atoms. The summed E-state index contributed by atoms with van der Waals surface area (Å²) in [7, 11) is -1.15. The highest BCUT2D eigenvalue weighted by atomic mass is 32.3. The fraction of sp³-hybridized carbons (Fsp3) is 0.294. The van der Waals surface area contributed by atoms with Gasteiger partial charge < -0.3 is 5.32 Å². The maximum absolute atomic E-state index is 10.9. The molecule has 3 N–H and O–H groups in total. The highest BCUT2D eigenvalue weighted by molar-refractivity contribution is 8.27. The summed E-state index contributed by atoms with van der Waals surface area (Å²) in [4.78, 5) is 0. The van der Waals surface area contributed by atoms with Crippen LogP contribution in [0.3, 0.4) is 0 Å². The Hall–Kier alpha value is -1.73. The normalized spacial score (nSPS) is 17.2. The molecule has 6 heteroatoms. The van der Waals surface area contributed by atoms with Crippen LogP contribution >= 0.6 is 11.0 Å². The van der Waals surface area contributed by atoms with Gasteiger partial charge in [-0.25, -0.2) is 4.31 Å². The van der Waals surface area contributed by atoms with Crippen LogP contribution in [0.2, 0.25) is 0 Å². The van der Waals surface area contributed by atoms with E-state index in [1.165, 1.54) is 0 Å². The molecular formula is C17H23N3O2S. The van der Waals surface area contributed by atoms with Crippen molar-refractivity contribution >= 4 is 28.0 Å². The van der Waals surface area contributed by atoms with E-state index >= 15 is 0 Å². The Kier molecular flexibility index (Phi) is 4.77. The fourth-order valence-electron chi connectivity index (χ4n) is 2.85. The largest absolute Gasteiger partial charge is 0.320 e. The number of fused-ring (bicyclic) bond motifs is 1. The van der Waals surface area contributed by atoms with Gasteiger partial charge >= 0.3 is 0 Å². The summed E-state index contributed by atoms with van der Waals surface area (Å²) < 4.78 is 25.2. The molecule has 124 valence electrons. The van der Waals surface area contributed by atoms with Gasteiger partial charge in [-0.2, -0.15) is 0 Å². The molecule has 1 heterocycles. The second kappa shape index (κ2) is 6.80. The molecule has 5 nitrogen and oxygen atoms in total. The van der Waals surface area contributed by atoms with Crippen LogP contribution in [0.4, 0.5) is 17.1 Å². The molecule has 0 saturated carbocycles. The molecule has 1 aliphatic heterocycles. The summed E-state index contributed by atoms with van der Waals surface area (Å²) in [6.45, 7) is 1.54. The van der Waals surface area contributed by atoms with Crippen molar-refractivity contribution in [3.63, 3.8) is 0 Å². The number of unbranched alkanes of at least 4 members (excludes halogenated alkanes) is 1. The lowest BCUT2D eigenvalue weighted by atomic mass is 10.2. The van der Waals surface area contributed by atoms with E-state index in [-0.39, 0.29) is 0 Å². The zero-order valence-corrected chi connectivity index (χ0v) is 14.0. The van der Waals surface area contributed by atoms with Crippen LogP contribution in [0.25, 0.3) is 0 Å². The number of nitrogens with zero attached hydrogens (tertiary/aromatic N) is 2. The third-order valence-corrected chi connectivity index (χ3v) is 5.81. The standard InChI is InChI=1S/C17H23N3O2S/c1-18-13-7-8-14-19-16-11-5-6-12-17(16)20(23(19,21)22)15-9-3-2-4-10-15/h2-6,9-12,18,21-22H,7-8,13-14H2,1H3. The average Bonchev–Trinajstić information content (AvgIpc) is 2.79. The smallest absolute Gasteiger partial charge is 0.0896 e. The molecule has 0 fully saturated rings. The lowest BCUT2D eigenvalue weighted by molar-refractivity contribution is 0.483. The maximum atomic E-state index is 10.9. The van der Waals surface area contributed by atoms with E-state index in [1.54, 1.807) is 8.61 Å². The minimum Gasteiger partial charge on any atom is -0.320 e. The number of rotatable bonds is 6. The molecule has 0 spiro atoms. The molecule has 1 aliphatic rings. The first-order chi connectivity index (χ1) is 11.2. The molecule has 2 aromatic rings. The molecule has 0 aliphatic carbocycles. The SMILES string of the molecule is CNCCCCN1c2ccccc2N(c2ccccc2)S1(O)O. The van der Waals surface area contributed by atoms with Crippen LogP contribution in [0.15, 0.2) is 54.6 Å². The quantitative estimate of drug-likeness (QED) is 0.691. The molecule has 0 atom stereocenters. The van der Waals surface area contributed by atoms with Crippen LogP contribution < -0.4 is 13.9 Å². The van der Waals surface area contributed by atoms with Gasteiger partial charge in [-0.05, 0) is 61.7 Å². The summed E-state index contributed by atoms with van der Waals surface area (Å²) in [5, 5.41) is 3.12. The molecule has 0 saturated heterocycles. The lowest BCUT2D eigenvalue weighted by Crippen LogP contribution is -2.32. The van der Waals surface area contributed by atoms with Gasteiger partial charge in [-0.3, -0.25) is 13.4 Å². The molecule has 0 radical (unpaired) electrons. The third kappa shape index (κ3) is 3.03. The Balaban J connectivity index is 1.93. The van der Waals surface area contributed by atoms with E-state index in [0.717, 1.165) is 36.4 Å². The van der Waals surface area contributed by atoms with Gasteiger partial charge in [0, 0.05) is 6.54 Å². The van der Waals surface area contributed by atoms with E-state index in [2.05, 4.69) is 5.32 Å². The summed E-state index contributed by atoms with van der Waals surface area (Å²) in [5.41, 5.74) is 2.51. The minimum atomic E-state index is -3.08. The van der Waals surface area contributed by atoms with Crippen molar-refractivity contribution < 1.29 is 9.11 Å². The van der Waals surface area contributed by atoms with Crippen molar-refractivity contribution in [2.45, 2.75) is 12.8 Å². The Bertz CT molecular complexity index is 651. The Morgan fingerprint density at radius 2 is 1.57 bits per heavy atom. The first-order valence-electron chi connectivity index (χ1n) is 7.81. The summed E-state index contributed by atoms with van der Waals surface area (Å²) in [5.74, 6) is 0. The Morgan fingerprint density at radius 1 is 0.913 bits per heavy atom. The Labute approximate surface area is 139 Å². The topological polar surface area (TPSA) is 59.0 Å². The minimum absolute atomic E-state index is 0.615. The molecule has 3 rings (SSSR count). The van der Waals surface area contributed by atoms with Crippen LogP contribution in [-0.4, -0.2) is 29.2 Å². The van der Waals surface area contributed by atoms with Gasteiger partial charge in [0.05, 0.1) is 17.1 Å². The second-order valence-electron chi connectivity index (χ2n) is 5.52. The first kappa shape index (κ1) is 16.1. The summed E-state index contributed by atoms with van der Waals surface area (Å²) in [6, 6.07) is 17.3. The number of nitrogens with one attached hydrogen (secondary N) is 1. The predicted molar refractivity (Wildman–Crippen MR) is 98.4 cm³/mol. The molecule has 0 unspecified atom stereocenters. The zero-order valence-electron chi connectivity index (χ0n) is 13.2. The molecular weight excluding hydrogens is 310 g/mol. The van der Waals surface area contributed by atoms with Gasteiger partial charge in [0.1, 0.15) is 0 Å². The fourth-order valence-corrected chi connectivity index (χ4v) is 4.67. The van der Waals surface area contributed by atoms with Crippen LogP contribution in [0.5, 0.6) is 0 Å². The van der Waals surface area contributed by atoms with Crippen molar-refractivity contribution in [3.05, 3.63) is 54.6 Å². The number of hydrogen-bond donors (Lipinski definition) is 3. The number of benzene rings is 2. The van der Waals surface area contributed by atoms with Gasteiger partial charge in [0.25, 0.3) is 0 Å². The van der Waals surface area contributed by atoms with Crippen LogP contribution in [-0.2, 0) is 0 Å². The zero-order chi connectivity index (χ0) is 16.3. The molecule has 2 aromatic carbocycles. The van der Waals surface area contributed by atoms with Crippen molar-refractivity contribution in [2.75, 3.05) is 28.7 Å². The molecule has 0 amide bonds. The second-order valence-corrected chi connectivity index (χ2v) is 7.31. The van der Waals surface area contributed by atoms with Crippen molar-refractivity contribution in [1.82, 2.24) is 5.32 Å². The number of hydrogen-bond acceptors (Lipinski definition) is 5. The summed E-state index contributed by atoms with van der Waals surface area (Å²) >= 11 is 0. The van der Waals surface area contributed by atoms with Gasteiger partial charge in [0.2, 0.25) is 0 Å². The van der Waals surface area contributed by atoms with Crippen molar-refractivity contribution in [2.24, 2.45) is 0 Å². The monoisotopic (exact) mass is 333 g/mol. The highest BCUT2D eigenvalue weighted by Crippen LogP contribution is 2.63. The van der Waals surface area contributed by atoms with Gasteiger partial charge in [0.15, 0.2) is 0 Å². The molecule has 0 bridgehead atoms. The van der Waals surface area contributed by atoms with E-state index < -0.39 is 11.0 Å². The first-order valence-corrected chi connectivity index (χ1v) is 9.27. The maximum Gasteiger partial charge on any atom is 0.0896 e. The Morgan fingerprint density at radius 3 is 2.26 bits per heavy atom.